The highest BCUT2D eigenvalue weighted by atomic mass is 79.9. The number of halogens is 1. The zero-order chi connectivity index (χ0) is 17.3. The summed E-state index contributed by atoms with van der Waals surface area (Å²) < 4.78 is 30.9. The topological polar surface area (TPSA) is 73.1 Å². The van der Waals surface area contributed by atoms with Crippen LogP contribution < -0.4 is 10.3 Å². The Hall–Kier alpha value is -1.90. The van der Waals surface area contributed by atoms with E-state index in [2.05, 4.69) is 20.7 Å². The molecule has 0 aliphatic heterocycles. The highest BCUT2D eigenvalue weighted by Gasteiger charge is 2.16. The van der Waals surface area contributed by atoms with Crippen molar-refractivity contribution in [1.29, 1.82) is 0 Å². The van der Waals surface area contributed by atoms with Crippen molar-refractivity contribution < 1.29 is 8.42 Å². The third kappa shape index (κ3) is 3.17. The number of fused-ring (bicyclic) bond motifs is 1. The molecule has 126 valence electrons. The summed E-state index contributed by atoms with van der Waals surface area (Å²) in [7, 11) is -1.82. The fraction of sp³-hybridized carbons (Fsp3) is 0.188. The maximum absolute atomic E-state index is 12.4. The number of benzene rings is 1. The molecule has 2 aromatic heterocycles. The number of hydrogen-bond acceptors (Lipinski definition) is 3. The first-order valence-corrected chi connectivity index (χ1v) is 9.56. The first-order valence-electron chi connectivity index (χ1n) is 7.29. The smallest absolute Gasteiger partial charge is 0.275 e. The number of nitrogens with one attached hydrogen (secondary N) is 1. The maximum Gasteiger partial charge on any atom is 0.275 e. The largest absolute Gasteiger partial charge is 0.346 e. The SMILES string of the molecule is Cn1ccc2ccn(CCNS(=O)(=O)c3ccccc3Br)c(=O)c21. The highest BCUT2D eigenvalue weighted by molar-refractivity contribution is 9.10. The van der Waals surface area contributed by atoms with Crippen LogP contribution in [-0.4, -0.2) is 24.1 Å². The second-order valence-electron chi connectivity index (χ2n) is 5.37. The molecule has 1 N–H and O–H groups in total. The second kappa shape index (κ2) is 6.54. The molecule has 0 bridgehead atoms. The fourth-order valence-electron chi connectivity index (χ4n) is 2.55. The van der Waals surface area contributed by atoms with Gasteiger partial charge in [-0.1, -0.05) is 12.1 Å². The van der Waals surface area contributed by atoms with E-state index in [1.165, 1.54) is 10.6 Å². The van der Waals surface area contributed by atoms with Gasteiger partial charge in [-0.25, -0.2) is 13.1 Å². The fourth-order valence-corrected chi connectivity index (χ4v) is 4.57. The van der Waals surface area contributed by atoms with Crippen LogP contribution in [0.4, 0.5) is 0 Å². The Bertz CT molecular complexity index is 1050. The quantitative estimate of drug-likeness (QED) is 0.700. The van der Waals surface area contributed by atoms with Gasteiger partial charge in [-0.15, -0.1) is 0 Å². The standard InChI is InChI=1S/C16H16BrN3O3S/c1-19-9-6-12-7-10-20(16(21)15(12)19)11-8-18-24(22,23)14-5-3-2-4-13(14)17/h2-7,9-10,18H,8,11H2,1H3. The summed E-state index contributed by atoms with van der Waals surface area (Å²) in [6.45, 7) is 0.378. The molecule has 2 heterocycles. The zero-order valence-corrected chi connectivity index (χ0v) is 15.3. The van der Waals surface area contributed by atoms with Crippen molar-refractivity contribution in [3.8, 4) is 0 Å². The van der Waals surface area contributed by atoms with Crippen molar-refractivity contribution in [1.82, 2.24) is 13.9 Å². The van der Waals surface area contributed by atoms with Crippen molar-refractivity contribution >= 4 is 36.9 Å². The molecule has 0 saturated carbocycles. The van der Waals surface area contributed by atoms with Crippen LogP contribution in [0.3, 0.4) is 0 Å². The molecular formula is C16H16BrN3O3S. The molecule has 1 aromatic carbocycles. The molecular weight excluding hydrogens is 394 g/mol. The molecule has 8 heteroatoms. The monoisotopic (exact) mass is 409 g/mol. The van der Waals surface area contributed by atoms with E-state index in [0.29, 0.717) is 9.99 Å². The summed E-state index contributed by atoms with van der Waals surface area (Å²) in [6, 6.07) is 10.3. The van der Waals surface area contributed by atoms with Crippen LogP contribution in [-0.2, 0) is 23.6 Å². The number of rotatable bonds is 5. The van der Waals surface area contributed by atoms with E-state index in [1.807, 2.05) is 25.4 Å². The summed E-state index contributed by atoms with van der Waals surface area (Å²) in [5.74, 6) is 0. The molecule has 0 spiro atoms. The lowest BCUT2D eigenvalue weighted by Gasteiger charge is -2.10. The van der Waals surface area contributed by atoms with Gasteiger partial charge in [0.1, 0.15) is 5.52 Å². The molecule has 6 nitrogen and oxygen atoms in total. The van der Waals surface area contributed by atoms with Crippen LogP contribution in [0.2, 0.25) is 0 Å². The number of hydrogen-bond donors (Lipinski definition) is 1. The molecule has 0 aliphatic carbocycles. The Kier molecular flexibility index (Phi) is 4.62. The Morgan fingerprint density at radius 3 is 2.58 bits per heavy atom. The van der Waals surface area contributed by atoms with Gasteiger partial charge < -0.3 is 9.13 Å². The molecule has 0 atom stereocenters. The summed E-state index contributed by atoms with van der Waals surface area (Å²) in [6.07, 6.45) is 3.50. The molecule has 0 amide bonds. The first-order chi connectivity index (χ1) is 11.4. The van der Waals surface area contributed by atoms with E-state index < -0.39 is 10.0 Å². The summed E-state index contributed by atoms with van der Waals surface area (Å²) >= 11 is 3.23. The Balaban J connectivity index is 1.77. The Morgan fingerprint density at radius 1 is 1.12 bits per heavy atom. The van der Waals surface area contributed by atoms with Gasteiger partial charge >= 0.3 is 0 Å². The van der Waals surface area contributed by atoms with Gasteiger partial charge in [0.2, 0.25) is 10.0 Å². The lowest BCUT2D eigenvalue weighted by Crippen LogP contribution is -2.31. The summed E-state index contributed by atoms with van der Waals surface area (Å²) in [4.78, 5) is 12.6. The second-order valence-corrected chi connectivity index (χ2v) is 7.96. The van der Waals surface area contributed by atoms with E-state index in [-0.39, 0.29) is 23.5 Å². The van der Waals surface area contributed by atoms with Crippen LogP contribution in [0.5, 0.6) is 0 Å². The lowest BCUT2D eigenvalue weighted by molar-refractivity contribution is 0.570. The minimum Gasteiger partial charge on any atom is -0.346 e. The molecule has 0 fully saturated rings. The molecule has 0 aliphatic rings. The minimum atomic E-state index is -3.63. The van der Waals surface area contributed by atoms with Crippen molar-refractivity contribution in [3.05, 3.63) is 63.6 Å². The highest BCUT2D eigenvalue weighted by Crippen LogP contribution is 2.20. The molecule has 3 aromatic rings. The minimum absolute atomic E-state index is 0.125. The van der Waals surface area contributed by atoms with Crippen LogP contribution in [0.1, 0.15) is 0 Å². The van der Waals surface area contributed by atoms with E-state index in [0.717, 1.165) is 5.39 Å². The van der Waals surface area contributed by atoms with Crippen LogP contribution in [0, 0.1) is 0 Å². The third-order valence-corrected chi connectivity index (χ3v) is 6.25. The van der Waals surface area contributed by atoms with Crippen LogP contribution >= 0.6 is 15.9 Å². The predicted molar refractivity (Wildman–Crippen MR) is 96.5 cm³/mol. The molecule has 0 saturated heterocycles. The van der Waals surface area contributed by atoms with Gasteiger partial charge in [-0.05, 0) is 40.2 Å². The molecule has 24 heavy (non-hydrogen) atoms. The molecule has 0 unspecified atom stereocenters. The van der Waals surface area contributed by atoms with Crippen molar-refractivity contribution in [2.24, 2.45) is 7.05 Å². The van der Waals surface area contributed by atoms with Gasteiger partial charge in [0.25, 0.3) is 5.56 Å². The predicted octanol–water partition coefficient (Wildman–Crippen LogP) is 2.08. The van der Waals surface area contributed by atoms with Crippen LogP contribution in [0.25, 0.3) is 10.9 Å². The number of aromatic nitrogens is 2. The Morgan fingerprint density at radius 2 is 1.83 bits per heavy atom. The van der Waals surface area contributed by atoms with E-state index >= 15 is 0 Å². The lowest BCUT2D eigenvalue weighted by atomic mass is 10.3. The van der Waals surface area contributed by atoms with Crippen molar-refractivity contribution in [2.45, 2.75) is 11.4 Å². The van der Waals surface area contributed by atoms with Gasteiger partial charge in [-0.2, -0.15) is 0 Å². The summed E-state index contributed by atoms with van der Waals surface area (Å²) in [5.41, 5.74) is 0.464. The Labute approximate surface area is 147 Å². The third-order valence-electron chi connectivity index (χ3n) is 3.77. The van der Waals surface area contributed by atoms with Gasteiger partial charge in [0.15, 0.2) is 0 Å². The molecule has 0 radical (unpaired) electrons. The summed E-state index contributed by atoms with van der Waals surface area (Å²) in [5, 5.41) is 0.868. The average Bonchev–Trinajstić information content (AvgIpc) is 2.92. The van der Waals surface area contributed by atoms with E-state index in [9.17, 15) is 13.2 Å². The van der Waals surface area contributed by atoms with E-state index in [4.69, 9.17) is 0 Å². The van der Waals surface area contributed by atoms with E-state index in [1.54, 1.807) is 29.0 Å². The number of sulfonamides is 1. The van der Waals surface area contributed by atoms with Crippen molar-refractivity contribution in [3.63, 3.8) is 0 Å². The van der Waals surface area contributed by atoms with Crippen LogP contribution in [0.15, 0.2) is 63.0 Å². The molecule has 3 rings (SSSR count). The zero-order valence-electron chi connectivity index (χ0n) is 12.9. The number of pyridine rings is 1. The average molecular weight is 410 g/mol. The normalized spacial score (nSPS) is 11.9. The maximum atomic E-state index is 12.4. The van der Waals surface area contributed by atoms with Gasteiger partial charge in [-0.3, -0.25) is 4.79 Å². The van der Waals surface area contributed by atoms with Crippen molar-refractivity contribution in [2.75, 3.05) is 6.54 Å². The van der Waals surface area contributed by atoms with Gasteiger partial charge in [0.05, 0.1) is 4.90 Å². The number of nitrogens with zero attached hydrogens (tertiary/aromatic N) is 2. The first kappa shape index (κ1) is 16.9. The van der Waals surface area contributed by atoms with Gasteiger partial charge in [0, 0.05) is 42.4 Å². The number of aryl methyl sites for hydroxylation is 1.